The van der Waals surface area contributed by atoms with E-state index in [0.717, 1.165) is 19.3 Å². The lowest BCUT2D eigenvalue weighted by Crippen LogP contribution is -2.49. The van der Waals surface area contributed by atoms with Gasteiger partial charge in [0.25, 0.3) is 0 Å². The Bertz CT molecular complexity index is 565. The van der Waals surface area contributed by atoms with Crippen LogP contribution in [0.25, 0.3) is 0 Å². The predicted molar refractivity (Wildman–Crippen MR) is 85.6 cm³/mol. The van der Waals surface area contributed by atoms with Crippen molar-refractivity contribution < 1.29 is 14.7 Å². The zero-order valence-electron chi connectivity index (χ0n) is 13.2. The number of hydrogen-bond donors (Lipinski definition) is 3. The van der Waals surface area contributed by atoms with Gasteiger partial charge in [-0.1, -0.05) is 19.9 Å². The van der Waals surface area contributed by atoms with Crippen molar-refractivity contribution >= 4 is 17.5 Å². The molecule has 0 atom stereocenters. The van der Waals surface area contributed by atoms with Crippen LogP contribution < -0.4 is 10.6 Å². The molecule has 0 spiro atoms. The maximum absolute atomic E-state index is 11.9. The Balaban J connectivity index is 1.91. The van der Waals surface area contributed by atoms with Crippen LogP contribution in [0.3, 0.4) is 0 Å². The summed E-state index contributed by atoms with van der Waals surface area (Å²) in [4.78, 5) is 23.7. The van der Waals surface area contributed by atoms with E-state index in [1.54, 1.807) is 0 Å². The fraction of sp³-hybridized carbons (Fsp3) is 0.529. The van der Waals surface area contributed by atoms with Gasteiger partial charge in [-0.3, -0.25) is 9.59 Å². The second-order valence-electron chi connectivity index (χ2n) is 5.91. The Hall–Kier alpha value is -1.88. The lowest BCUT2D eigenvalue weighted by atomic mass is 9.80. The molecule has 120 valence electrons. The van der Waals surface area contributed by atoms with Gasteiger partial charge in [0, 0.05) is 12.2 Å². The van der Waals surface area contributed by atoms with Crippen molar-refractivity contribution in [3.8, 4) is 0 Å². The van der Waals surface area contributed by atoms with E-state index in [4.69, 9.17) is 0 Å². The molecule has 0 bridgehead atoms. The number of benzene rings is 1. The first-order valence-electron chi connectivity index (χ1n) is 7.91. The average Bonchev–Trinajstić information content (AvgIpc) is 2.50. The van der Waals surface area contributed by atoms with Crippen LogP contribution >= 0.6 is 0 Å². The first-order valence-corrected chi connectivity index (χ1v) is 7.91. The summed E-state index contributed by atoms with van der Waals surface area (Å²) in [6.45, 7) is 4.28. The quantitative estimate of drug-likeness (QED) is 0.726. The number of anilines is 1. The first-order chi connectivity index (χ1) is 10.5. The highest BCUT2D eigenvalue weighted by Gasteiger charge is 2.35. The molecule has 1 aromatic carbocycles. The van der Waals surface area contributed by atoms with Crippen LogP contribution in [0.2, 0.25) is 0 Å². The third-order valence-corrected chi connectivity index (χ3v) is 4.29. The van der Waals surface area contributed by atoms with Crippen LogP contribution in [0, 0.1) is 0 Å². The zero-order valence-corrected chi connectivity index (χ0v) is 13.2. The minimum atomic E-state index is -0.825. The van der Waals surface area contributed by atoms with Crippen molar-refractivity contribution in [1.82, 2.24) is 5.32 Å². The maximum Gasteiger partial charge on any atom is 0.313 e. The fourth-order valence-corrected chi connectivity index (χ4v) is 2.65. The molecule has 1 aliphatic rings. The van der Waals surface area contributed by atoms with Gasteiger partial charge in [0.2, 0.25) is 0 Å². The highest BCUT2D eigenvalue weighted by Crippen LogP contribution is 2.30. The lowest BCUT2D eigenvalue weighted by molar-refractivity contribution is -0.137. The smallest absolute Gasteiger partial charge is 0.313 e. The summed E-state index contributed by atoms with van der Waals surface area (Å²) in [5.74, 6) is -1.41. The molecule has 2 rings (SSSR count). The third kappa shape index (κ3) is 3.85. The van der Waals surface area contributed by atoms with Gasteiger partial charge < -0.3 is 15.7 Å². The summed E-state index contributed by atoms with van der Waals surface area (Å²) in [5.41, 5.74) is 2.21. The average molecular weight is 304 g/mol. The van der Waals surface area contributed by atoms with Gasteiger partial charge in [-0.2, -0.15) is 0 Å². The van der Waals surface area contributed by atoms with E-state index in [-0.39, 0.29) is 6.54 Å². The summed E-state index contributed by atoms with van der Waals surface area (Å²) in [6, 6.07) is 5.69. The summed E-state index contributed by atoms with van der Waals surface area (Å²) in [5, 5.41) is 15.0. The van der Waals surface area contributed by atoms with E-state index < -0.39 is 17.4 Å². The van der Waals surface area contributed by atoms with Crippen LogP contribution in [0.5, 0.6) is 0 Å². The third-order valence-electron chi connectivity index (χ3n) is 4.29. The van der Waals surface area contributed by atoms with Gasteiger partial charge in [0.15, 0.2) is 0 Å². The van der Waals surface area contributed by atoms with Crippen LogP contribution in [-0.2, 0) is 22.4 Å². The Morgan fingerprint density at radius 1 is 1.14 bits per heavy atom. The number of carbonyl (C=O) groups excluding carboxylic acids is 2. The van der Waals surface area contributed by atoms with Crippen LogP contribution in [0.1, 0.15) is 44.2 Å². The van der Waals surface area contributed by atoms with Crippen molar-refractivity contribution in [1.29, 1.82) is 0 Å². The van der Waals surface area contributed by atoms with Crippen molar-refractivity contribution in [2.45, 2.75) is 51.6 Å². The largest absolute Gasteiger partial charge is 0.388 e. The lowest BCUT2D eigenvalue weighted by Gasteiger charge is -2.36. The molecule has 0 unspecified atom stereocenters. The van der Waals surface area contributed by atoms with Gasteiger partial charge in [-0.05, 0) is 55.4 Å². The second kappa shape index (κ2) is 6.92. The molecule has 3 N–H and O–H groups in total. The molecular formula is C17H24N2O3. The molecule has 1 saturated carbocycles. The normalized spacial score (nSPS) is 15.8. The molecule has 0 aliphatic heterocycles. The Labute approximate surface area is 131 Å². The molecule has 0 heterocycles. The van der Waals surface area contributed by atoms with E-state index >= 15 is 0 Å². The number of aliphatic hydroxyl groups is 1. The molecule has 0 radical (unpaired) electrons. The SMILES string of the molecule is CCc1ccc(NC(=O)C(=O)NCC2(O)CCC2)cc1CC. The molecule has 1 aromatic rings. The Morgan fingerprint density at radius 2 is 1.82 bits per heavy atom. The van der Waals surface area contributed by atoms with E-state index in [2.05, 4.69) is 24.5 Å². The van der Waals surface area contributed by atoms with Crippen molar-refractivity contribution in [3.63, 3.8) is 0 Å². The Kier molecular flexibility index (Phi) is 5.19. The van der Waals surface area contributed by atoms with Crippen molar-refractivity contribution in [2.75, 3.05) is 11.9 Å². The van der Waals surface area contributed by atoms with E-state index in [9.17, 15) is 14.7 Å². The zero-order chi connectivity index (χ0) is 16.2. The number of nitrogens with one attached hydrogen (secondary N) is 2. The summed E-state index contributed by atoms with van der Waals surface area (Å²) >= 11 is 0. The van der Waals surface area contributed by atoms with Crippen LogP contribution in [0.4, 0.5) is 5.69 Å². The molecule has 5 nitrogen and oxygen atoms in total. The standard InChI is InChI=1S/C17H24N2O3/c1-3-12-6-7-14(10-13(12)4-2)19-16(21)15(20)18-11-17(22)8-5-9-17/h6-7,10,22H,3-5,8-9,11H2,1-2H3,(H,18,20)(H,19,21). The van der Waals surface area contributed by atoms with Crippen molar-refractivity contribution in [3.05, 3.63) is 29.3 Å². The second-order valence-corrected chi connectivity index (χ2v) is 5.91. The van der Waals surface area contributed by atoms with Gasteiger partial charge in [0.05, 0.1) is 5.60 Å². The van der Waals surface area contributed by atoms with E-state index in [1.165, 1.54) is 11.1 Å². The highest BCUT2D eigenvalue weighted by molar-refractivity contribution is 6.39. The number of aryl methyl sites for hydroxylation is 2. The molecule has 5 heteroatoms. The van der Waals surface area contributed by atoms with E-state index in [1.807, 2.05) is 18.2 Å². The minimum Gasteiger partial charge on any atom is -0.388 e. The fourth-order valence-electron chi connectivity index (χ4n) is 2.65. The molecule has 1 aliphatic carbocycles. The molecule has 0 aromatic heterocycles. The topological polar surface area (TPSA) is 78.4 Å². The predicted octanol–water partition coefficient (Wildman–Crippen LogP) is 1.78. The highest BCUT2D eigenvalue weighted by atomic mass is 16.3. The van der Waals surface area contributed by atoms with Gasteiger partial charge in [-0.25, -0.2) is 0 Å². The number of hydrogen-bond acceptors (Lipinski definition) is 3. The molecule has 0 saturated heterocycles. The van der Waals surface area contributed by atoms with Gasteiger partial charge >= 0.3 is 11.8 Å². The first kappa shape index (κ1) is 16.5. The molecular weight excluding hydrogens is 280 g/mol. The maximum atomic E-state index is 11.9. The van der Waals surface area contributed by atoms with Gasteiger partial charge in [0.1, 0.15) is 0 Å². The number of amides is 2. The van der Waals surface area contributed by atoms with E-state index in [0.29, 0.717) is 18.5 Å². The Morgan fingerprint density at radius 3 is 2.36 bits per heavy atom. The number of carbonyl (C=O) groups is 2. The van der Waals surface area contributed by atoms with Crippen LogP contribution in [0.15, 0.2) is 18.2 Å². The van der Waals surface area contributed by atoms with Crippen molar-refractivity contribution in [2.24, 2.45) is 0 Å². The monoisotopic (exact) mass is 304 g/mol. The van der Waals surface area contributed by atoms with Crippen LogP contribution in [-0.4, -0.2) is 29.1 Å². The molecule has 1 fully saturated rings. The summed E-state index contributed by atoms with van der Waals surface area (Å²) in [7, 11) is 0. The minimum absolute atomic E-state index is 0.133. The summed E-state index contributed by atoms with van der Waals surface area (Å²) < 4.78 is 0. The molecule has 2 amide bonds. The molecule has 22 heavy (non-hydrogen) atoms. The number of rotatable bonds is 5. The van der Waals surface area contributed by atoms with Gasteiger partial charge in [-0.15, -0.1) is 0 Å². The summed E-state index contributed by atoms with van der Waals surface area (Å²) in [6.07, 6.45) is 4.13.